The summed E-state index contributed by atoms with van der Waals surface area (Å²) in [4.78, 5) is 36.0. The van der Waals surface area contributed by atoms with Crippen molar-refractivity contribution in [3.63, 3.8) is 0 Å². The second-order valence-electron chi connectivity index (χ2n) is 5.00. The van der Waals surface area contributed by atoms with Gasteiger partial charge < -0.3 is 15.4 Å². The summed E-state index contributed by atoms with van der Waals surface area (Å²) in [6, 6.07) is 8.36. The van der Waals surface area contributed by atoms with Gasteiger partial charge in [-0.15, -0.1) is 11.3 Å². The smallest absolute Gasteiger partial charge is 0.349 e. The van der Waals surface area contributed by atoms with E-state index in [1.54, 1.807) is 36.6 Å². The highest BCUT2D eigenvalue weighted by Gasteiger charge is 2.14. The Morgan fingerprint density at radius 1 is 1.21 bits per heavy atom. The van der Waals surface area contributed by atoms with Crippen LogP contribution in [-0.2, 0) is 9.53 Å². The Labute approximate surface area is 143 Å². The molecule has 24 heavy (non-hydrogen) atoms. The number of benzene rings is 1. The second kappa shape index (κ2) is 8.26. The minimum absolute atomic E-state index is 0.215. The van der Waals surface area contributed by atoms with Crippen LogP contribution < -0.4 is 10.6 Å². The number of amides is 2. The van der Waals surface area contributed by atoms with Gasteiger partial charge in [0.25, 0.3) is 11.8 Å². The third-order valence-electron chi connectivity index (χ3n) is 3.13. The van der Waals surface area contributed by atoms with Gasteiger partial charge in [-0.2, -0.15) is 0 Å². The number of carbonyl (C=O) groups is 3. The molecule has 1 heterocycles. The summed E-state index contributed by atoms with van der Waals surface area (Å²) >= 11 is 1.27. The molecule has 0 saturated heterocycles. The van der Waals surface area contributed by atoms with Gasteiger partial charge in [0.15, 0.2) is 6.61 Å². The fourth-order valence-electron chi connectivity index (χ4n) is 1.98. The predicted molar refractivity (Wildman–Crippen MR) is 92.4 cm³/mol. The monoisotopic (exact) mass is 346 g/mol. The topological polar surface area (TPSA) is 84.5 Å². The lowest BCUT2D eigenvalue weighted by molar-refractivity contribution is -0.119. The van der Waals surface area contributed by atoms with E-state index >= 15 is 0 Å². The van der Waals surface area contributed by atoms with E-state index in [9.17, 15) is 14.4 Å². The first-order valence-electron chi connectivity index (χ1n) is 7.40. The number of anilines is 1. The van der Waals surface area contributed by atoms with E-state index in [2.05, 4.69) is 10.6 Å². The molecule has 2 amide bonds. The van der Waals surface area contributed by atoms with Crippen molar-refractivity contribution in [3.8, 4) is 0 Å². The Bertz CT molecular complexity index is 755. The van der Waals surface area contributed by atoms with Crippen molar-refractivity contribution < 1.29 is 19.1 Å². The van der Waals surface area contributed by atoms with Crippen LogP contribution in [-0.4, -0.2) is 30.9 Å². The maximum Gasteiger partial charge on any atom is 0.349 e. The van der Waals surface area contributed by atoms with E-state index in [1.807, 2.05) is 13.0 Å². The molecule has 2 N–H and O–H groups in total. The molecule has 1 aromatic carbocycles. The highest BCUT2D eigenvalue weighted by Crippen LogP contribution is 2.16. The lowest BCUT2D eigenvalue weighted by atomic mass is 10.2. The van der Waals surface area contributed by atoms with E-state index in [-0.39, 0.29) is 12.5 Å². The number of ether oxygens (including phenoxy) is 1. The number of hydrogen-bond donors (Lipinski definition) is 2. The standard InChI is InChI=1S/C17H18N2O4S/c1-3-18-16(21)12-5-4-6-13(9-12)19-14(20)10-23-17(22)15-11(2)7-8-24-15/h4-9H,3,10H2,1-2H3,(H,18,21)(H,19,20). The first-order valence-corrected chi connectivity index (χ1v) is 8.28. The first kappa shape index (κ1) is 17.7. The summed E-state index contributed by atoms with van der Waals surface area (Å²) in [5.74, 6) is -1.20. The van der Waals surface area contributed by atoms with Crippen molar-refractivity contribution in [2.75, 3.05) is 18.5 Å². The normalized spacial score (nSPS) is 10.1. The summed E-state index contributed by atoms with van der Waals surface area (Å²) in [6.45, 7) is 3.77. The number of aryl methyl sites for hydroxylation is 1. The molecular weight excluding hydrogens is 328 g/mol. The Balaban J connectivity index is 1.90. The summed E-state index contributed by atoms with van der Waals surface area (Å²) in [5, 5.41) is 7.08. The maximum atomic E-state index is 11.9. The van der Waals surface area contributed by atoms with Gasteiger partial charge in [-0.25, -0.2) is 4.79 Å². The zero-order valence-electron chi connectivity index (χ0n) is 13.4. The van der Waals surface area contributed by atoms with Crippen LogP contribution in [0.2, 0.25) is 0 Å². The number of nitrogens with one attached hydrogen (secondary N) is 2. The molecule has 0 unspecified atom stereocenters. The quantitative estimate of drug-likeness (QED) is 0.788. The minimum atomic E-state index is -0.520. The summed E-state index contributed by atoms with van der Waals surface area (Å²) in [6.07, 6.45) is 0. The number of hydrogen-bond acceptors (Lipinski definition) is 5. The van der Waals surface area contributed by atoms with Crippen LogP contribution in [0.4, 0.5) is 5.69 Å². The Morgan fingerprint density at radius 2 is 2.00 bits per heavy atom. The van der Waals surface area contributed by atoms with Gasteiger partial charge in [0.1, 0.15) is 4.88 Å². The van der Waals surface area contributed by atoms with Crippen LogP contribution in [0, 0.1) is 6.92 Å². The number of carbonyl (C=O) groups excluding carboxylic acids is 3. The SMILES string of the molecule is CCNC(=O)c1cccc(NC(=O)COC(=O)c2sccc2C)c1. The molecule has 0 spiro atoms. The van der Waals surface area contributed by atoms with Gasteiger partial charge >= 0.3 is 5.97 Å². The maximum absolute atomic E-state index is 11.9. The molecule has 0 atom stereocenters. The fraction of sp³-hybridized carbons (Fsp3) is 0.235. The van der Waals surface area contributed by atoms with Crippen molar-refractivity contribution >= 4 is 34.8 Å². The average Bonchev–Trinajstić information content (AvgIpc) is 2.99. The van der Waals surface area contributed by atoms with Crippen LogP contribution >= 0.6 is 11.3 Å². The van der Waals surface area contributed by atoms with Crippen LogP contribution in [0.25, 0.3) is 0 Å². The number of rotatable bonds is 6. The molecule has 7 heteroatoms. The van der Waals surface area contributed by atoms with Crippen molar-refractivity contribution in [2.24, 2.45) is 0 Å². The van der Waals surface area contributed by atoms with Crippen molar-refractivity contribution in [1.29, 1.82) is 0 Å². The Morgan fingerprint density at radius 3 is 2.67 bits per heavy atom. The van der Waals surface area contributed by atoms with E-state index in [0.717, 1.165) is 5.56 Å². The Kier molecular flexibility index (Phi) is 6.08. The zero-order chi connectivity index (χ0) is 17.5. The van der Waals surface area contributed by atoms with Gasteiger partial charge in [-0.1, -0.05) is 6.07 Å². The molecule has 1 aromatic heterocycles. The molecular formula is C17H18N2O4S. The second-order valence-corrected chi connectivity index (χ2v) is 5.91. The number of esters is 1. The van der Waals surface area contributed by atoms with Gasteiger partial charge in [0.05, 0.1) is 0 Å². The van der Waals surface area contributed by atoms with E-state index in [1.165, 1.54) is 11.3 Å². The largest absolute Gasteiger partial charge is 0.451 e. The Hall–Kier alpha value is -2.67. The number of thiophene rings is 1. The molecule has 126 valence electrons. The van der Waals surface area contributed by atoms with Crippen molar-refractivity contribution in [2.45, 2.75) is 13.8 Å². The molecule has 0 aliphatic heterocycles. The lowest BCUT2D eigenvalue weighted by Gasteiger charge is -2.08. The third kappa shape index (κ3) is 4.66. The summed E-state index contributed by atoms with van der Waals surface area (Å²) in [5.41, 5.74) is 1.73. The van der Waals surface area contributed by atoms with Crippen molar-refractivity contribution in [1.82, 2.24) is 5.32 Å². The molecule has 0 radical (unpaired) electrons. The third-order valence-corrected chi connectivity index (χ3v) is 4.12. The van der Waals surface area contributed by atoms with E-state index < -0.39 is 11.9 Å². The van der Waals surface area contributed by atoms with Crippen LogP contribution in [0.15, 0.2) is 35.7 Å². The summed E-state index contributed by atoms with van der Waals surface area (Å²) in [7, 11) is 0. The highest BCUT2D eigenvalue weighted by molar-refractivity contribution is 7.12. The summed E-state index contributed by atoms with van der Waals surface area (Å²) < 4.78 is 5.00. The highest BCUT2D eigenvalue weighted by atomic mass is 32.1. The average molecular weight is 346 g/mol. The van der Waals surface area contributed by atoms with Crippen LogP contribution in [0.5, 0.6) is 0 Å². The molecule has 0 aliphatic rings. The van der Waals surface area contributed by atoms with Gasteiger partial charge in [0, 0.05) is 17.8 Å². The molecule has 0 saturated carbocycles. The minimum Gasteiger partial charge on any atom is -0.451 e. The van der Waals surface area contributed by atoms with Crippen LogP contribution in [0.3, 0.4) is 0 Å². The molecule has 6 nitrogen and oxygen atoms in total. The molecule has 2 aromatic rings. The van der Waals surface area contributed by atoms with Gasteiger partial charge in [-0.05, 0) is 49.1 Å². The first-order chi connectivity index (χ1) is 11.5. The molecule has 0 aliphatic carbocycles. The van der Waals surface area contributed by atoms with Crippen LogP contribution in [0.1, 0.15) is 32.5 Å². The zero-order valence-corrected chi connectivity index (χ0v) is 14.2. The molecule has 0 bridgehead atoms. The van der Waals surface area contributed by atoms with E-state index in [4.69, 9.17) is 4.74 Å². The molecule has 0 fully saturated rings. The fourth-order valence-corrected chi connectivity index (χ4v) is 2.79. The van der Waals surface area contributed by atoms with Crippen molar-refractivity contribution in [3.05, 3.63) is 51.7 Å². The molecule has 2 rings (SSSR count). The van der Waals surface area contributed by atoms with Gasteiger partial charge in [0.2, 0.25) is 0 Å². The predicted octanol–water partition coefficient (Wildman–Crippen LogP) is 2.60. The lowest BCUT2D eigenvalue weighted by Crippen LogP contribution is -2.23. The van der Waals surface area contributed by atoms with E-state index in [0.29, 0.717) is 22.7 Å². The van der Waals surface area contributed by atoms with Gasteiger partial charge in [-0.3, -0.25) is 9.59 Å².